The molecule has 2 fully saturated rings. The summed E-state index contributed by atoms with van der Waals surface area (Å²) in [6.45, 7) is 15.3. The van der Waals surface area contributed by atoms with Crippen LogP contribution in [0.15, 0.2) is 24.3 Å². The molecule has 4 rings (SSSR count). The van der Waals surface area contributed by atoms with Gasteiger partial charge < -0.3 is 4.74 Å². The topological polar surface area (TPSA) is 66.9 Å². The van der Waals surface area contributed by atoms with Crippen LogP contribution in [-0.4, -0.2) is 30.6 Å². The third kappa shape index (κ3) is 3.18. The van der Waals surface area contributed by atoms with E-state index in [9.17, 15) is 14.4 Å². The zero-order valence-corrected chi connectivity index (χ0v) is 21.6. The average Bonchev–Trinajstić information content (AvgIpc) is 3.46. The summed E-state index contributed by atoms with van der Waals surface area (Å²) < 4.78 is 5.14. The van der Waals surface area contributed by atoms with Crippen LogP contribution < -0.4 is 9.80 Å². The van der Waals surface area contributed by atoms with Crippen molar-refractivity contribution in [1.82, 2.24) is 0 Å². The molecule has 1 heterocycles. The second-order valence-electron chi connectivity index (χ2n) is 10.6. The van der Waals surface area contributed by atoms with Gasteiger partial charge in [0.1, 0.15) is 17.0 Å². The summed E-state index contributed by atoms with van der Waals surface area (Å²) in [5.41, 5.74) is 4.99. The molecule has 180 valence electrons. The summed E-state index contributed by atoms with van der Waals surface area (Å²) in [6, 6.07) is 8.15. The second kappa shape index (κ2) is 7.69. The van der Waals surface area contributed by atoms with E-state index in [0.29, 0.717) is 6.42 Å². The minimum Gasteiger partial charge on any atom is -0.469 e. The molecule has 1 saturated carbocycles. The maximum absolute atomic E-state index is 14.1. The molecule has 1 aliphatic carbocycles. The first-order valence-electron chi connectivity index (χ1n) is 11.7. The molecule has 0 bridgehead atoms. The predicted molar refractivity (Wildman–Crippen MR) is 133 cm³/mol. The van der Waals surface area contributed by atoms with Crippen molar-refractivity contribution in [2.45, 2.75) is 67.5 Å². The molecule has 0 N–H and O–H groups in total. The van der Waals surface area contributed by atoms with E-state index < -0.39 is 23.0 Å². The SMILES string of the molecule is COC(=O)C1CC12N(c1c(C)cc(C)cc1C)C(=O)C(C)(C)C(=O)N2c1c(C)cc(C)cc1C. The largest absolute Gasteiger partial charge is 0.469 e. The third-order valence-corrected chi connectivity index (χ3v) is 7.36. The van der Waals surface area contributed by atoms with Crippen LogP contribution in [-0.2, 0) is 19.1 Å². The Kier molecular flexibility index (Phi) is 5.42. The van der Waals surface area contributed by atoms with Gasteiger partial charge in [0.15, 0.2) is 0 Å². The van der Waals surface area contributed by atoms with Gasteiger partial charge in [0.2, 0.25) is 11.8 Å². The maximum atomic E-state index is 14.1. The van der Waals surface area contributed by atoms with Gasteiger partial charge in [-0.2, -0.15) is 0 Å². The summed E-state index contributed by atoms with van der Waals surface area (Å²) in [5.74, 6) is -1.64. The summed E-state index contributed by atoms with van der Waals surface area (Å²) >= 11 is 0. The lowest BCUT2D eigenvalue weighted by molar-refractivity contribution is -0.144. The predicted octanol–water partition coefficient (Wildman–Crippen LogP) is 4.83. The van der Waals surface area contributed by atoms with E-state index in [1.54, 1.807) is 23.6 Å². The van der Waals surface area contributed by atoms with Crippen LogP contribution in [0.1, 0.15) is 53.6 Å². The zero-order chi connectivity index (χ0) is 25.3. The standard InChI is InChI=1S/C28H34N2O4/c1-15-10-17(3)22(18(4)11-15)29-25(32)27(7,8)26(33)30(28(29)14-21(28)24(31)34-9)23-19(5)12-16(2)13-20(23)6/h10-13,21H,14H2,1-9H3. The Labute approximate surface area is 201 Å². The molecule has 1 saturated heterocycles. The van der Waals surface area contributed by atoms with Crippen LogP contribution in [0.2, 0.25) is 0 Å². The van der Waals surface area contributed by atoms with Crippen molar-refractivity contribution in [1.29, 1.82) is 0 Å². The normalized spacial score (nSPS) is 20.7. The lowest BCUT2D eigenvalue weighted by Gasteiger charge is -2.51. The average molecular weight is 463 g/mol. The molecule has 0 aromatic heterocycles. The molecule has 2 aromatic carbocycles. The molecule has 34 heavy (non-hydrogen) atoms. The van der Waals surface area contributed by atoms with Gasteiger partial charge in [-0.3, -0.25) is 24.2 Å². The Morgan fingerprint density at radius 1 is 0.794 bits per heavy atom. The van der Waals surface area contributed by atoms with Crippen molar-refractivity contribution in [3.63, 3.8) is 0 Å². The summed E-state index contributed by atoms with van der Waals surface area (Å²) in [4.78, 5) is 44.6. The molecular formula is C28H34N2O4. The first-order valence-corrected chi connectivity index (χ1v) is 11.7. The molecule has 0 radical (unpaired) electrons. The van der Waals surface area contributed by atoms with Gasteiger partial charge in [-0.15, -0.1) is 0 Å². The fourth-order valence-corrected chi connectivity index (χ4v) is 5.89. The molecule has 2 amide bonds. The number of nitrogens with zero attached hydrogens (tertiary/aromatic N) is 2. The molecule has 2 aromatic rings. The smallest absolute Gasteiger partial charge is 0.313 e. The molecular weight excluding hydrogens is 428 g/mol. The second-order valence-corrected chi connectivity index (χ2v) is 10.6. The van der Waals surface area contributed by atoms with Gasteiger partial charge >= 0.3 is 5.97 Å². The Bertz CT molecular complexity index is 1120. The van der Waals surface area contributed by atoms with Gasteiger partial charge in [0, 0.05) is 6.42 Å². The van der Waals surface area contributed by atoms with Gasteiger partial charge in [0.05, 0.1) is 18.5 Å². The fraction of sp³-hybridized carbons (Fsp3) is 0.464. The van der Waals surface area contributed by atoms with Crippen molar-refractivity contribution in [3.05, 3.63) is 57.6 Å². The van der Waals surface area contributed by atoms with Gasteiger partial charge in [0.25, 0.3) is 0 Å². The number of rotatable bonds is 3. The Morgan fingerprint density at radius 3 is 1.47 bits per heavy atom. The maximum Gasteiger partial charge on any atom is 0.313 e. The molecule has 1 unspecified atom stereocenters. The van der Waals surface area contributed by atoms with Crippen LogP contribution >= 0.6 is 0 Å². The van der Waals surface area contributed by atoms with Crippen LogP contribution in [0.3, 0.4) is 0 Å². The van der Waals surface area contributed by atoms with Gasteiger partial charge in [-0.1, -0.05) is 35.4 Å². The minimum atomic E-state index is -1.30. The monoisotopic (exact) mass is 462 g/mol. The Morgan fingerprint density at radius 2 is 1.15 bits per heavy atom. The number of anilines is 2. The highest BCUT2D eigenvalue weighted by Gasteiger charge is 2.75. The van der Waals surface area contributed by atoms with E-state index in [2.05, 4.69) is 0 Å². The molecule has 2 aliphatic rings. The number of hydrogen-bond donors (Lipinski definition) is 0. The number of amides is 2. The molecule has 1 atom stereocenters. The number of aryl methyl sites for hydroxylation is 6. The lowest BCUT2D eigenvalue weighted by atomic mass is 9.83. The number of carbonyl (C=O) groups is 3. The van der Waals surface area contributed by atoms with Crippen LogP contribution in [0.5, 0.6) is 0 Å². The summed E-state index contributed by atoms with van der Waals surface area (Å²) in [6.07, 6.45) is 0.326. The van der Waals surface area contributed by atoms with Crippen molar-refractivity contribution < 1.29 is 19.1 Å². The van der Waals surface area contributed by atoms with E-state index in [4.69, 9.17) is 4.74 Å². The number of ether oxygens (including phenoxy) is 1. The van der Waals surface area contributed by atoms with E-state index in [-0.39, 0.29) is 11.8 Å². The summed E-state index contributed by atoms with van der Waals surface area (Å²) in [7, 11) is 1.35. The quantitative estimate of drug-likeness (QED) is 0.484. The van der Waals surface area contributed by atoms with E-state index in [0.717, 1.165) is 44.8 Å². The van der Waals surface area contributed by atoms with Crippen LogP contribution in [0.4, 0.5) is 11.4 Å². The van der Waals surface area contributed by atoms with E-state index in [1.807, 2.05) is 65.8 Å². The highest BCUT2D eigenvalue weighted by molar-refractivity contribution is 6.23. The summed E-state index contributed by atoms with van der Waals surface area (Å²) in [5, 5.41) is 0. The van der Waals surface area contributed by atoms with Crippen LogP contribution in [0, 0.1) is 52.9 Å². The Hall–Kier alpha value is -3.15. The molecule has 1 spiro atoms. The number of methoxy groups -OCH3 is 1. The number of benzene rings is 2. The highest BCUT2D eigenvalue weighted by atomic mass is 16.5. The van der Waals surface area contributed by atoms with Crippen molar-refractivity contribution in [3.8, 4) is 0 Å². The van der Waals surface area contributed by atoms with Gasteiger partial charge in [-0.05, 0) is 77.6 Å². The van der Waals surface area contributed by atoms with E-state index in [1.165, 1.54) is 7.11 Å². The lowest BCUT2D eigenvalue weighted by Crippen LogP contribution is -2.70. The first-order chi connectivity index (χ1) is 15.8. The first kappa shape index (κ1) is 24.0. The number of esters is 1. The fourth-order valence-electron chi connectivity index (χ4n) is 5.89. The van der Waals surface area contributed by atoms with Crippen molar-refractivity contribution in [2.24, 2.45) is 11.3 Å². The van der Waals surface area contributed by atoms with E-state index >= 15 is 0 Å². The molecule has 6 heteroatoms. The molecule has 1 aliphatic heterocycles. The molecule has 6 nitrogen and oxygen atoms in total. The third-order valence-electron chi connectivity index (χ3n) is 7.36. The van der Waals surface area contributed by atoms with Gasteiger partial charge in [-0.25, -0.2) is 0 Å². The Balaban J connectivity index is 2.07. The number of hydrogen-bond acceptors (Lipinski definition) is 4. The van der Waals surface area contributed by atoms with Crippen LogP contribution in [0.25, 0.3) is 0 Å². The highest BCUT2D eigenvalue weighted by Crippen LogP contribution is 2.60. The van der Waals surface area contributed by atoms with Crippen molar-refractivity contribution in [2.75, 3.05) is 16.9 Å². The zero-order valence-electron chi connectivity index (χ0n) is 21.6. The number of carbonyl (C=O) groups excluding carboxylic acids is 3. The van der Waals surface area contributed by atoms with Crippen molar-refractivity contribution >= 4 is 29.2 Å². The minimum absolute atomic E-state index is 0.294.